The molecular formula is C23H31N3O3. The molecule has 1 saturated heterocycles. The Morgan fingerprint density at radius 1 is 1.21 bits per heavy atom. The average Bonchev–Trinajstić information content (AvgIpc) is 2.77. The molecule has 0 aliphatic carbocycles. The molecule has 1 amide bonds. The van der Waals surface area contributed by atoms with Crippen LogP contribution in [0.25, 0.3) is 0 Å². The molecule has 0 spiro atoms. The highest BCUT2D eigenvalue weighted by Gasteiger charge is 2.24. The van der Waals surface area contributed by atoms with E-state index >= 15 is 0 Å². The van der Waals surface area contributed by atoms with Crippen LogP contribution in [0, 0.1) is 5.92 Å². The summed E-state index contributed by atoms with van der Waals surface area (Å²) < 4.78 is 11.7. The standard InChI is InChI=1S/C23H31N3O3/c1-3-28-22-15-20(6-7-21(22)29-17-19-5-4-11-25-16-19)23(27)26-13-9-18(10-14-26)8-12-24-2/h4-7,11,15-16,18,24H,3,8-10,12-14,17H2,1-2H3. The predicted octanol–water partition coefficient (Wildman–Crippen LogP) is 3.52. The van der Waals surface area contributed by atoms with Gasteiger partial charge < -0.3 is 19.7 Å². The number of hydrogen-bond acceptors (Lipinski definition) is 5. The number of amides is 1. The number of aromatic nitrogens is 1. The minimum absolute atomic E-state index is 0.0665. The molecule has 0 radical (unpaired) electrons. The Morgan fingerprint density at radius 3 is 2.72 bits per heavy atom. The number of carbonyl (C=O) groups is 1. The number of nitrogens with one attached hydrogen (secondary N) is 1. The van der Waals surface area contributed by atoms with Crippen LogP contribution in [-0.4, -0.2) is 49.1 Å². The molecule has 0 saturated carbocycles. The molecule has 29 heavy (non-hydrogen) atoms. The minimum Gasteiger partial charge on any atom is -0.490 e. The van der Waals surface area contributed by atoms with Crippen LogP contribution in [0.5, 0.6) is 11.5 Å². The van der Waals surface area contributed by atoms with E-state index in [0.717, 1.165) is 38.0 Å². The number of piperidine rings is 1. The van der Waals surface area contributed by atoms with Crippen LogP contribution < -0.4 is 14.8 Å². The van der Waals surface area contributed by atoms with Gasteiger partial charge in [0.25, 0.3) is 5.91 Å². The van der Waals surface area contributed by atoms with Crippen molar-refractivity contribution in [3.8, 4) is 11.5 Å². The first-order valence-corrected chi connectivity index (χ1v) is 10.4. The van der Waals surface area contributed by atoms with Crippen LogP contribution in [0.15, 0.2) is 42.7 Å². The van der Waals surface area contributed by atoms with Gasteiger partial charge in [-0.05, 0) is 70.0 Å². The van der Waals surface area contributed by atoms with Gasteiger partial charge in [0.05, 0.1) is 6.61 Å². The lowest BCUT2D eigenvalue weighted by Crippen LogP contribution is -2.39. The predicted molar refractivity (Wildman–Crippen MR) is 113 cm³/mol. The number of nitrogens with zero attached hydrogens (tertiary/aromatic N) is 2. The summed E-state index contributed by atoms with van der Waals surface area (Å²) in [5.41, 5.74) is 1.63. The summed E-state index contributed by atoms with van der Waals surface area (Å²) in [7, 11) is 1.98. The summed E-state index contributed by atoms with van der Waals surface area (Å²) in [4.78, 5) is 19.0. The molecule has 2 heterocycles. The molecule has 1 aliphatic rings. The van der Waals surface area contributed by atoms with E-state index in [-0.39, 0.29) is 5.91 Å². The van der Waals surface area contributed by atoms with Gasteiger partial charge in [-0.2, -0.15) is 0 Å². The fraction of sp³-hybridized carbons (Fsp3) is 0.478. The number of rotatable bonds is 9. The van der Waals surface area contributed by atoms with Gasteiger partial charge in [0.2, 0.25) is 0 Å². The molecule has 1 fully saturated rings. The maximum atomic E-state index is 13.0. The van der Waals surface area contributed by atoms with Gasteiger partial charge in [0.15, 0.2) is 11.5 Å². The van der Waals surface area contributed by atoms with Gasteiger partial charge in [0.1, 0.15) is 6.61 Å². The molecule has 6 nitrogen and oxygen atoms in total. The molecule has 1 N–H and O–H groups in total. The second kappa shape index (κ2) is 10.8. The number of ether oxygens (including phenoxy) is 2. The quantitative estimate of drug-likeness (QED) is 0.701. The van der Waals surface area contributed by atoms with E-state index in [2.05, 4.69) is 10.3 Å². The van der Waals surface area contributed by atoms with Crippen molar-refractivity contribution < 1.29 is 14.3 Å². The fourth-order valence-corrected chi connectivity index (χ4v) is 3.63. The van der Waals surface area contributed by atoms with Crippen molar-refractivity contribution in [3.63, 3.8) is 0 Å². The molecule has 0 atom stereocenters. The summed E-state index contributed by atoms with van der Waals surface area (Å²) in [6, 6.07) is 9.31. The Balaban J connectivity index is 1.63. The third-order valence-electron chi connectivity index (χ3n) is 5.31. The van der Waals surface area contributed by atoms with Crippen molar-refractivity contribution in [3.05, 3.63) is 53.9 Å². The van der Waals surface area contributed by atoms with E-state index in [1.165, 1.54) is 6.42 Å². The van der Waals surface area contributed by atoms with E-state index in [0.29, 0.717) is 36.2 Å². The monoisotopic (exact) mass is 397 g/mol. The molecule has 6 heteroatoms. The van der Waals surface area contributed by atoms with Crippen LogP contribution in [0.3, 0.4) is 0 Å². The van der Waals surface area contributed by atoms with Gasteiger partial charge in [-0.25, -0.2) is 0 Å². The number of carbonyl (C=O) groups excluding carboxylic acids is 1. The first kappa shape index (κ1) is 21.1. The van der Waals surface area contributed by atoms with Crippen molar-refractivity contribution in [2.24, 2.45) is 5.92 Å². The first-order chi connectivity index (χ1) is 14.2. The third kappa shape index (κ3) is 5.94. The molecule has 0 bridgehead atoms. The Hall–Kier alpha value is -2.60. The second-order valence-electron chi connectivity index (χ2n) is 7.37. The SMILES string of the molecule is CCOc1cc(C(=O)N2CCC(CCNC)CC2)ccc1OCc1cccnc1. The lowest BCUT2D eigenvalue weighted by Gasteiger charge is -2.32. The number of benzene rings is 1. The minimum atomic E-state index is 0.0665. The summed E-state index contributed by atoms with van der Waals surface area (Å²) in [5.74, 6) is 2.01. The van der Waals surface area contributed by atoms with Crippen molar-refractivity contribution in [1.29, 1.82) is 0 Å². The van der Waals surface area contributed by atoms with Crippen molar-refractivity contribution >= 4 is 5.91 Å². The van der Waals surface area contributed by atoms with E-state index in [4.69, 9.17) is 9.47 Å². The van der Waals surface area contributed by atoms with Crippen LogP contribution >= 0.6 is 0 Å². The molecule has 1 aromatic carbocycles. The van der Waals surface area contributed by atoms with Crippen molar-refractivity contribution in [2.75, 3.05) is 33.3 Å². The van der Waals surface area contributed by atoms with Crippen molar-refractivity contribution in [1.82, 2.24) is 15.2 Å². The first-order valence-electron chi connectivity index (χ1n) is 10.4. The highest BCUT2D eigenvalue weighted by atomic mass is 16.5. The maximum Gasteiger partial charge on any atom is 0.253 e. The number of hydrogen-bond donors (Lipinski definition) is 1. The molecular weight excluding hydrogens is 366 g/mol. The van der Waals surface area contributed by atoms with Crippen LogP contribution in [0.2, 0.25) is 0 Å². The Kier molecular flexibility index (Phi) is 7.87. The normalized spacial score (nSPS) is 14.6. The summed E-state index contributed by atoms with van der Waals surface area (Å²) in [6.07, 6.45) is 6.82. The van der Waals surface area contributed by atoms with Gasteiger partial charge in [-0.1, -0.05) is 6.07 Å². The molecule has 2 aromatic rings. The zero-order valence-electron chi connectivity index (χ0n) is 17.4. The molecule has 0 unspecified atom stereocenters. The largest absolute Gasteiger partial charge is 0.490 e. The molecule has 1 aromatic heterocycles. The van der Waals surface area contributed by atoms with Gasteiger partial charge in [-0.15, -0.1) is 0 Å². The Labute approximate surface area is 173 Å². The summed E-state index contributed by atoms with van der Waals surface area (Å²) in [6.45, 7) is 5.51. The van der Waals surface area contributed by atoms with Crippen LogP contribution in [0.1, 0.15) is 42.1 Å². The topological polar surface area (TPSA) is 63.7 Å². The van der Waals surface area contributed by atoms with Gasteiger partial charge in [0, 0.05) is 36.6 Å². The number of likely N-dealkylation sites (tertiary alicyclic amines) is 1. The second-order valence-corrected chi connectivity index (χ2v) is 7.37. The molecule has 156 valence electrons. The van der Waals surface area contributed by atoms with E-state index in [9.17, 15) is 4.79 Å². The molecule has 3 rings (SSSR count). The molecule has 1 aliphatic heterocycles. The van der Waals surface area contributed by atoms with Gasteiger partial charge >= 0.3 is 0 Å². The fourth-order valence-electron chi connectivity index (χ4n) is 3.63. The summed E-state index contributed by atoms with van der Waals surface area (Å²) in [5, 5.41) is 3.21. The smallest absolute Gasteiger partial charge is 0.253 e. The summed E-state index contributed by atoms with van der Waals surface area (Å²) >= 11 is 0. The Morgan fingerprint density at radius 2 is 2.03 bits per heavy atom. The van der Waals surface area contributed by atoms with Crippen molar-refractivity contribution in [2.45, 2.75) is 32.8 Å². The Bertz CT molecular complexity index is 774. The zero-order valence-corrected chi connectivity index (χ0v) is 17.4. The number of pyridine rings is 1. The van der Waals surface area contributed by atoms with Crippen LogP contribution in [-0.2, 0) is 6.61 Å². The van der Waals surface area contributed by atoms with Crippen LogP contribution in [0.4, 0.5) is 0 Å². The lowest BCUT2D eigenvalue weighted by atomic mass is 9.93. The highest BCUT2D eigenvalue weighted by molar-refractivity contribution is 5.95. The van der Waals surface area contributed by atoms with E-state index < -0.39 is 0 Å². The zero-order chi connectivity index (χ0) is 20.5. The lowest BCUT2D eigenvalue weighted by molar-refractivity contribution is 0.0686. The average molecular weight is 398 g/mol. The van der Waals surface area contributed by atoms with E-state index in [1.807, 2.05) is 43.1 Å². The van der Waals surface area contributed by atoms with E-state index in [1.54, 1.807) is 18.5 Å². The highest BCUT2D eigenvalue weighted by Crippen LogP contribution is 2.30. The maximum absolute atomic E-state index is 13.0. The third-order valence-corrected chi connectivity index (χ3v) is 5.31. The van der Waals surface area contributed by atoms with Gasteiger partial charge in [-0.3, -0.25) is 9.78 Å².